The molecule has 17 heavy (non-hydrogen) atoms. The fourth-order valence-corrected chi connectivity index (χ4v) is 1.91. The average Bonchev–Trinajstić information content (AvgIpc) is 2.62. The second kappa shape index (κ2) is 4.32. The highest BCUT2D eigenvalue weighted by Crippen LogP contribution is 2.19. The quantitative estimate of drug-likeness (QED) is 0.778. The van der Waals surface area contributed by atoms with E-state index in [1.54, 1.807) is 0 Å². The third-order valence-electron chi connectivity index (χ3n) is 3.50. The first-order valence-corrected chi connectivity index (χ1v) is 5.72. The highest BCUT2D eigenvalue weighted by Gasteiger charge is 2.09. The van der Waals surface area contributed by atoms with Crippen molar-refractivity contribution in [2.45, 2.75) is 27.2 Å². The van der Waals surface area contributed by atoms with E-state index in [1.165, 1.54) is 6.07 Å². The minimum Gasteiger partial charge on any atom is -0.335 e. The maximum atomic E-state index is 13.4. The van der Waals surface area contributed by atoms with Crippen molar-refractivity contribution in [3.8, 4) is 0 Å². The number of halogens is 1. The van der Waals surface area contributed by atoms with Crippen LogP contribution in [0.25, 0.3) is 0 Å². The van der Waals surface area contributed by atoms with Crippen LogP contribution >= 0.6 is 0 Å². The zero-order valence-corrected chi connectivity index (χ0v) is 10.7. The lowest BCUT2D eigenvalue weighted by atomic mass is 10.0. The van der Waals surface area contributed by atoms with E-state index < -0.39 is 0 Å². The predicted molar refractivity (Wildman–Crippen MR) is 66.6 cm³/mol. The number of hydrogen-bond acceptors (Lipinski definition) is 1. The summed E-state index contributed by atoms with van der Waals surface area (Å²) in [6, 6.07) is 3.38. The van der Waals surface area contributed by atoms with Gasteiger partial charge in [-0.05, 0) is 43.5 Å². The molecule has 0 saturated heterocycles. The Bertz CT molecular complexity index is 556. The fraction of sp³-hybridized carbons (Fsp3) is 0.357. The molecule has 2 nitrogen and oxygen atoms in total. The molecule has 2 rings (SSSR count). The molecular weight excluding hydrogens is 215 g/mol. The van der Waals surface area contributed by atoms with Gasteiger partial charge in [-0.25, -0.2) is 9.37 Å². The molecule has 0 unspecified atom stereocenters. The fourth-order valence-electron chi connectivity index (χ4n) is 1.91. The van der Waals surface area contributed by atoms with Gasteiger partial charge in [0, 0.05) is 25.4 Å². The monoisotopic (exact) mass is 232 g/mol. The molecule has 0 saturated carbocycles. The van der Waals surface area contributed by atoms with Crippen LogP contribution in [0.5, 0.6) is 0 Å². The van der Waals surface area contributed by atoms with Crippen molar-refractivity contribution in [1.29, 1.82) is 0 Å². The lowest BCUT2D eigenvalue weighted by Gasteiger charge is -2.10. The molecule has 0 aliphatic carbocycles. The smallest absolute Gasteiger partial charge is 0.126 e. The summed E-state index contributed by atoms with van der Waals surface area (Å²) in [6.07, 6.45) is 2.61. The van der Waals surface area contributed by atoms with Crippen molar-refractivity contribution in [3.05, 3.63) is 52.4 Å². The van der Waals surface area contributed by atoms with E-state index in [0.717, 1.165) is 34.6 Å². The predicted octanol–water partition coefficient (Wildman–Crippen LogP) is 3.08. The van der Waals surface area contributed by atoms with Crippen molar-refractivity contribution in [2.24, 2.45) is 7.05 Å². The first kappa shape index (κ1) is 11.8. The first-order valence-electron chi connectivity index (χ1n) is 5.72. The largest absolute Gasteiger partial charge is 0.335 e. The van der Waals surface area contributed by atoms with Crippen molar-refractivity contribution < 1.29 is 4.39 Å². The molecule has 0 N–H and O–H groups in total. The van der Waals surface area contributed by atoms with Crippen LogP contribution < -0.4 is 0 Å². The number of aryl methyl sites for hydroxylation is 1. The van der Waals surface area contributed by atoms with Crippen LogP contribution in [0.1, 0.15) is 28.2 Å². The van der Waals surface area contributed by atoms with Crippen LogP contribution in [0.15, 0.2) is 18.3 Å². The molecule has 0 bridgehead atoms. The molecule has 1 aromatic heterocycles. The lowest BCUT2D eigenvalue weighted by molar-refractivity contribution is 0.615. The van der Waals surface area contributed by atoms with E-state index >= 15 is 0 Å². The molecule has 90 valence electrons. The van der Waals surface area contributed by atoms with Gasteiger partial charge in [0.15, 0.2) is 0 Å². The molecule has 0 radical (unpaired) electrons. The Hall–Kier alpha value is -1.64. The number of aromatic nitrogens is 2. The van der Waals surface area contributed by atoms with Gasteiger partial charge in [0.1, 0.15) is 11.6 Å². The van der Waals surface area contributed by atoms with Crippen molar-refractivity contribution >= 4 is 0 Å². The van der Waals surface area contributed by atoms with Crippen LogP contribution in [-0.2, 0) is 13.5 Å². The van der Waals surface area contributed by atoms with E-state index in [-0.39, 0.29) is 5.82 Å². The van der Waals surface area contributed by atoms with E-state index in [0.29, 0.717) is 0 Å². The van der Waals surface area contributed by atoms with Crippen molar-refractivity contribution in [1.82, 2.24) is 9.55 Å². The molecule has 1 aromatic carbocycles. The highest BCUT2D eigenvalue weighted by molar-refractivity contribution is 5.36. The van der Waals surface area contributed by atoms with Gasteiger partial charge in [0.05, 0.1) is 0 Å². The lowest BCUT2D eigenvalue weighted by Crippen LogP contribution is -2.03. The van der Waals surface area contributed by atoms with Crippen molar-refractivity contribution in [2.75, 3.05) is 0 Å². The van der Waals surface area contributed by atoms with Gasteiger partial charge in [0.2, 0.25) is 0 Å². The SMILES string of the molecule is Cc1c(F)ccc(Cc2ncc(C)n2C)c1C. The highest BCUT2D eigenvalue weighted by atomic mass is 19.1. The number of rotatable bonds is 2. The first-order chi connectivity index (χ1) is 8.00. The molecular formula is C14H17FN2. The molecule has 3 heteroatoms. The van der Waals surface area contributed by atoms with Gasteiger partial charge in [-0.1, -0.05) is 6.07 Å². The summed E-state index contributed by atoms with van der Waals surface area (Å²) in [5, 5.41) is 0. The minimum absolute atomic E-state index is 0.137. The third kappa shape index (κ3) is 2.09. The topological polar surface area (TPSA) is 17.8 Å². The summed E-state index contributed by atoms with van der Waals surface area (Å²) in [5.74, 6) is 0.874. The minimum atomic E-state index is -0.137. The Labute approximate surface area is 101 Å². The number of imidazole rings is 1. The Morgan fingerprint density at radius 1 is 1.18 bits per heavy atom. The molecule has 0 amide bonds. The number of nitrogens with zero attached hydrogens (tertiary/aromatic N) is 2. The molecule has 2 aromatic rings. The zero-order valence-electron chi connectivity index (χ0n) is 10.7. The van der Waals surface area contributed by atoms with Gasteiger partial charge in [-0.2, -0.15) is 0 Å². The summed E-state index contributed by atoms with van der Waals surface area (Å²) in [5.41, 5.74) is 4.02. The van der Waals surface area contributed by atoms with Gasteiger partial charge in [-0.3, -0.25) is 0 Å². The molecule has 1 heterocycles. The standard InChI is InChI=1S/C14H17FN2/c1-9-8-16-14(17(9)4)7-12-5-6-13(15)11(3)10(12)2/h5-6,8H,7H2,1-4H3. The third-order valence-corrected chi connectivity index (χ3v) is 3.50. The molecule has 0 aliphatic rings. The van der Waals surface area contributed by atoms with E-state index in [2.05, 4.69) is 9.55 Å². The second-order valence-electron chi connectivity index (χ2n) is 4.51. The van der Waals surface area contributed by atoms with Crippen LogP contribution in [0.3, 0.4) is 0 Å². The zero-order chi connectivity index (χ0) is 12.6. The van der Waals surface area contributed by atoms with E-state index in [4.69, 9.17) is 0 Å². The van der Waals surface area contributed by atoms with Crippen LogP contribution in [-0.4, -0.2) is 9.55 Å². The average molecular weight is 232 g/mol. The van der Waals surface area contributed by atoms with Gasteiger partial charge in [-0.15, -0.1) is 0 Å². The molecule has 0 aliphatic heterocycles. The van der Waals surface area contributed by atoms with Crippen LogP contribution in [0.4, 0.5) is 4.39 Å². The van der Waals surface area contributed by atoms with Crippen LogP contribution in [0, 0.1) is 26.6 Å². The Morgan fingerprint density at radius 3 is 2.47 bits per heavy atom. The summed E-state index contributed by atoms with van der Waals surface area (Å²) >= 11 is 0. The summed E-state index contributed by atoms with van der Waals surface area (Å²) in [6.45, 7) is 5.81. The Kier molecular flexibility index (Phi) is 3.01. The van der Waals surface area contributed by atoms with E-state index in [1.807, 2.05) is 40.1 Å². The van der Waals surface area contributed by atoms with Gasteiger partial charge >= 0.3 is 0 Å². The van der Waals surface area contributed by atoms with Gasteiger partial charge in [0.25, 0.3) is 0 Å². The second-order valence-corrected chi connectivity index (χ2v) is 4.51. The maximum absolute atomic E-state index is 13.4. The van der Waals surface area contributed by atoms with Gasteiger partial charge < -0.3 is 4.57 Å². The van der Waals surface area contributed by atoms with Crippen LogP contribution in [0.2, 0.25) is 0 Å². The summed E-state index contributed by atoms with van der Waals surface area (Å²) in [4.78, 5) is 4.37. The van der Waals surface area contributed by atoms with E-state index in [9.17, 15) is 4.39 Å². The molecule has 0 atom stereocenters. The number of benzene rings is 1. The Balaban J connectivity index is 2.37. The number of hydrogen-bond donors (Lipinski definition) is 0. The maximum Gasteiger partial charge on any atom is 0.126 e. The van der Waals surface area contributed by atoms with Crippen molar-refractivity contribution in [3.63, 3.8) is 0 Å². The Morgan fingerprint density at radius 2 is 1.88 bits per heavy atom. The summed E-state index contributed by atoms with van der Waals surface area (Å²) in [7, 11) is 2.00. The molecule has 0 fully saturated rings. The summed E-state index contributed by atoms with van der Waals surface area (Å²) < 4.78 is 15.4. The normalized spacial score (nSPS) is 10.9. The molecule has 0 spiro atoms.